The number of nitrogens with two attached hydrogens (primary N) is 1. The summed E-state index contributed by atoms with van der Waals surface area (Å²) in [6, 6.07) is 3.64. The van der Waals surface area contributed by atoms with Gasteiger partial charge in [-0.2, -0.15) is 0 Å². The lowest BCUT2D eigenvalue weighted by molar-refractivity contribution is -0.122. The lowest BCUT2D eigenvalue weighted by atomic mass is 10.3. The molecule has 5 heteroatoms. The van der Waals surface area contributed by atoms with E-state index in [0.29, 0.717) is 0 Å². The smallest absolute Gasteiger partial charge is 0.225 e. The Morgan fingerprint density at radius 1 is 1.46 bits per heavy atom. The Morgan fingerprint density at radius 2 is 2.23 bits per heavy atom. The Kier molecular flexibility index (Phi) is 3.45. The van der Waals surface area contributed by atoms with Crippen molar-refractivity contribution in [1.29, 1.82) is 0 Å². The summed E-state index contributed by atoms with van der Waals surface area (Å²) in [5.74, 6) is -0.637. The van der Waals surface area contributed by atoms with Gasteiger partial charge in [0.15, 0.2) is 0 Å². The summed E-state index contributed by atoms with van der Waals surface area (Å²) in [5.41, 5.74) is 4.90. The molecule has 0 aromatic carbocycles. The fourth-order valence-corrected chi connectivity index (χ4v) is 1.42. The molecule has 1 aromatic rings. The summed E-state index contributed by atoms with van der Waals surface area (Å²) in [5, 5.41) is 5.30. The molecule has 0 radical (unpaired) electrons. The summed E-state index contributed by atoms with van der Waals surface area (Å²) >= 11 is 1.44. The molecule has 70 valence electrons. The molecule has 0 saturated heterocycles. The molecule has 2 amide bonds. The number of amides is 2. The van der Waals surface area contributed by atoms with E-state index in [4.69, 9.17) is 5.73 Å². The summed E-state index contributed by atoms with van der Waals surface area (Å²) < 4.78 is 0. The van der Waals surface area contributed by atoms with Crippen LogP contribution in [0.4, 0.5) is 5.00 Å². The molecule has 0 atom stereocenters. The van der Waals surface area contributed by atoms with Gasteiger partial charge in [-0.15, -0.1) is 11.3 Å². The normalized spacial score (nSPS) is 9.54. The summed E-state index contributed by atoms with van der Waals surface area (Å²) in [7, 11) is 0. The molecule has 1 heterocycles. The molecule has 0 spiro atoms. The van der Waals surface area contributed by atoms with Gasteiger partial charge in [0.2, 0.25) is 11.8 Å². The van der Waals surface area contributed by atoms with Crippen LogP contribution in [-0.2, 0) is 9.59 Å². The Morgan fingerprint density at radius 3 is 2.77 bits per heavy atom. The second kappa shape index (κ2) is 4.61. The Labute approximate surface area is 79.7 Å². The van der Waals surface area contributed by atoms with Crippen molar-refractivity contribution in [3.05, 3.63) is 17.5 Å². The van der Waals surface area contributed by atoms with Crippen LogP contribution in [0.3, 0.4) is 0 Å². The van der Waals surface area contributed by atoms with E-state index >= 15 is 0 Å². The van der Waals surface area contributed by atoms with Gasteiger partial charge in [0.05, 0.1) is 5.00 Å². The van der Waals surface area contributed by atoms with Crippen LogP contribution in [0.1, 0.15) is 12.8 Å². The van der Waals surface area contributed by atoms with Gasteiger partial charge in [-0.1, -0.05) is 0 Å². The van der Waals surface area contributed by atoms with E-state index in [9.17, 15) is 9.59 Å². The molecule has 3 N–H and O–H groups in total. The number of carbonyl (C=O) groups is 2. The first kappa shape index (κ1) is 9.73. The highest BCUT2D eigenvalue weighted by Crippen LogP contribution is 2.14. The Hall–Kier alpha value is -1.36. The predicted octanol–water partition coefficient (Wildman–Crippen LogP) is 0.952. The monoisotopic (exact) mass is 198 g/mol. The molecule has 0 aliphatic rings. The van der Waals surface area contributed by atoms with Gasteiger partial charge >= 0.3 is 0 Å². The summed E-state index contributed by atoms with van der Waals surface area (Å²) in [4.78, 5) is 21.5. The van der Waals surface area contributed by atoms with Crippen molar-refractivity contribution in [2.45, 2.75) is 12.8 Å². The molecule has 0 saturated carbocycles. The molecular weight excluding hydrogens is 188 g/mol. The highest BCUT2D eigenvalue weighted by molar-refractivity contribution is 7.14. The van der Waals surface area contributed by atoms with Crippen LogP contribution >= 0.6 is 11.3 Å². The molecule has 1 rings (SSSR count). The van der Waals surface area contributed by atoms with Gasteiger partial charge in [0.25, 0.3) is 0 Å². The molecule has 0 unspecified atom stereocenters. The van der Waals surface area contributed by atoms with E-state index in [1.54, 1.807) is 6.07 Å². The third-order valence-electron chi connectivity index (χ3n) is 1.38. The molecule has 4 nitrogen and oxygen atoms in total. The van der Waals surface area contributed by atoms with Crippen molar-refractivity contribution >= 4 is 28.2 Å². The lowest BCUT2D eigenvalue weighted by Crippen LogP contribution is -2.16. The average Bonchev–Trinajstić information content (AvgIpc) is 2.53. The van der Waals surface area contributed by atoms with Crippen LogP contribution in [0, 0.1) is 0 Å². The minimum atomic E-state index is -0.457. The largest absolute Gasteiger partial charge is 0.370 e. The van der Waals surface area contributed by atoms with Crippen LogP contribution in [0.2, 0.25) is 0 Å². The number of rotatable bonds is 4. The fraction of sp³-hybridized carbons (Fsp3) is 0.250. The summed E-state index contributed by atoms with van der Waals surface area (Å²) in [6.07, 6.45) is 0.241. The first-order valence-corrected chi connectivity index (χ1v) is 4.68. The van der Waals surface area contributed by atoms with Crippen molar-refractivity contribution in [2.24, 2.45) is 5.73 Å². The SMILES string of the molecule is NC(=O)CCC(=O)Nc1cccs1. The van der Waals surface area contributed by atoms with Gasteiger partial charge in [-0.05, 0) is 17.5 Å². The van der Waals surface area contributed by atoms with E-state index in [1.807, 2.05) is 11.4 Å². The van der Waals surface area contributed by atoms with Crippen molar-refractivity contribution in [1.82, 2.24) is 0 Å². The first-order valence-electron chi connectivity index (χ1n) is 3.80. The zero-order valence-electron chi connectivity index (χ0n) is 6.95. The molecule has 0 aliphatic carbocycles. The second-order valence-electron chi connectivity index (χ2n) is 2.49. The number of nitrogens with one attached hydrogen (secondary N) is 1. The molecule has 0 aliphatic heterocycles. The van der Waals surface area contributed by atoms with Crippen LogP contribution in [0.15, 0.2) is 17.5 Å². The maximum absolute atomic E-state index is 11.1. The maximum atomic E-state index is 11.1. The second-order valence-corrected chi connectivity index (χ2v) is 3.44. The Bertz CT molecular complexity index is 295. The molecule has 1 aromatic heterocycles. The van der Waals surface area contributed by atoms with Gasteiger partial charge in [-0.3, -0.25) is 9.59 Å². The highest BCUT2D eigenvalue weighted by atomic mass is 32.1. The van der Waals surface area contributed by atoms with E-state index < -0.39 is 5.91 Å². The van der Waals surface area contributed by atoms with Crippen LogP contribution < -0.4 is 11.1 Å². The van der Waals surface area contributed by atoms with E-state index in [0.717, 1.165) is 5.00 Å². The van der Waals surface area contributed by atoms with E-state index in [-0.39, 0.29) is 18.7 Å². The van der Waals surface area contributed by atoms with Gasteiger partial charge < -0.3 is 11.1 Å². The number of hydrogen-bond acceptors (Lipinski definition) is 3. The van der Waals surface area contributed by atoms with Crippen molar-refractivity contribution in [3.8, 4) is 0 Å². The topological polar surface area (TPSA) is 72.2 Å². The highest BCUT2D eigenvalue weighted by Gasteiger charge is 2.04. The van der Waals surface area contributed by atoms with Gasteiger partial charge in [0.1, 0.15) is 0 Å². The zero-order chi connectivity index (χ0) is 9.68. The molecule has 0 fully saturated rings. The zero-order valence-corrected chi connectivity index (χ0v) is 7.76. The van der Waals surface area contributed by atoms with Crippen molar-refractivity contribution < 1.29 is 9.59 Å². The molecule has 0 bridgehead atoms. The number of primary amides is 1. The minimum absolute atomic E-state index is 0.0945. The average molecular weight is 198 g/mol. The maximum Gasteiger partial charge on any atom is 0.225 e. The van der Waals surface area contributed by atoms with Crippen molar-refractivity contribution in [2.75, 3.05) is 5.32 Å². The summed E-state index contributed by atoms with van der Waals surface area (Å²) in [6.45, 7) is 0. The third-order valence-corrected chi connectivity index (χ3v) is 2.17. The number of anilines is 1. The molecular formula is C8H10N2O2S. The number of hydrogen-bond donors (Lipinski definition) is 2. The quantitative estimate of drug-likeness (QED) is 0.756. The van der Waals surface area contributed by atoms with Crippen LogP contribution in [-0.4, -0.2) is 11.8 Å². The van der Waals surface area contributed by atoms with E-state index in [2.05, 4.69) is 5.32 Å². The fourth-order valence-electron chi connectivity index (χ4n) is 0.786. The van der Waals surface area contributed by atoms with E-state index in [1.165, 1.54) is 11.3 Å². The number of thiophene rings is 1. The van der Waals surface area contributed by atoms with Crippen LogP contribution in [0.5, 0.6) is 0 Å². The van der Waals surface area contributed by atoms with Gasteiger partial charge in [-0.25, -0.2) is 0 Å². The first-order chi connectivity index (χ1) is 6.18. The standard InChI is InChI=1S/C8H10N2O2S/c9-6(11)3-4-7(12)10-8-2-1-5-13-8/h1-2,5H,3-4H2,(H2,9,11)(H,10,12). The Balaban J connectivity index is 2.30. The van der Waals surface area contributed by atoms with Crippen molar-refractivity contribution in [3.63, 3.8) is 0 Å². The van der Waals surface area contributed by atoms with Crippen LogP contribution in [0.25, 0.3) is 0 Å². The predicted molar refractivity (Wildman–Crippen MR) is 51.4 cm³/mol. The lowest BCUT2D eigenvalue weighted by Gasteiger charge is -1.99. The molecule has 13 heavy (non-hydrogen) atoms. The van der Waals surface area contributed by atoms with Gasteiger partial charge in [0, 0.05) is 12.8 Å². The number of carbonyl (C=O) groups excluding carboxylic acids is 2. The minimum Gasteiger partial charge on any atom is -0.370 e. The third kappa shape index (κ3) is 3.71.